The Kier molecular flexibility index (Phi) is 5.02. The lowest BCUT2D eigenvalue weighted by molar-refractivity contribution is 0.353. The van der Waals surface area contributed by atoms with Gasteiger partial charge in [-0.15, -0.1) is 0 Å². The van der Waals surface area contributed by atoms with E-state index in [1.54, 1.807) is 20.5 Å². The van der Waals surface area contributed by atoms with Crippen LogP contribution in [0.2, 0.25) is 0 Å². The summed E-state index contributed by atoms with van der Waals surface area (Å²) < 4.78 is 10.9. The molecule has 0 saturated carbocycles. The summed E-state index contributed by atoms with van der Waals surface area (Å²) in [5.74, 6) is 3.23. The van der Waals surface area contributed by atoms with Crippen LogP contribution in [-0.4, -0.2) is 30.7 Å². The number of rotatable bonds is 5. The third-order valence-corrected chi connectivity index (χ3v) is 4.99. The van der Waals surface area contributed by atoms with Crippen molar-refractivity contribution in [2.75, 3.05) is 31.0 Å². The van der Waals surface area contributed by atoms with Gasteiger partial charge in [-0.2, -0.15) is 0 Å². The van der Waals surface area contributed by atoms with Gasteiger partial charge in [0, 0.05) is 24.8 Å². The van der Waals surface area contributed by atoms with E-state index in [0.717, 1.165) is 48.3 Å². The number of nitrogens with one attached hydrogen (secondary N) is 1. The minimum atomic E-state index is 0.757. The van der Waals surface area contributed by atoms with Crippen LogP contribution in [-0.2, 0) is 13.0 Å². The van der Waals surface area contributed by atoms with Crippen molar-refractivity contribution >= 4 is 17.3 Å². The lowest BCUT2D eigenvalue weighted by Crippen LogP contribution is -2.31. The van der Waals surface area contributed by atoms with Gasteiger partial charge in [0.05, 0.1) is 14.2 Å². The minimum Gasteiger partial charge on any atom is -0.493 e. The van der Waals surface area contributed by atoms with Crippen molar-refractivity contribution in [2.24, 2.45) is 0 Å². The molecule has 0 unspecified atom stereocenters. The van der Waals surface area contributed by atoms with Crippen molar-refractivity contribution in [3.05, 3.63) is 65.5 Å². The van der Waals surface area contributed by atoms with E-state index < -0.39 is 0 Å². The van der Waals surface area contributed by atoms with Crippen LogP contribution in [0, 0.1) is 6.92 Å². The Hall–Kier alpha value is -3.28. The van der Waals surface area contributed by atoms with Gasteiger partial charge >= 0.3 is 0 Å². The van der Waals surface area contributed by atoms with Crippen LogP contribution < -0.4 is 19.7 Å². The van der Waals surface area contributed by atoms with Crippen LogP contribution in [0.5, 0.6) is 11.5 Å². The number of ether oxygens (including phenoxy) is 2. The van der Waals surface area contributed by atoms with E-state index in [1.165, 1.54) is 16.7 Å². The van der Waals surface area contributed by atoms with Crippen LogP contribution >= 0.6 is 0 Å². The largest absolute Gasteiger partial charge is 0.493 e. The summed E-state index contributed by atoms with van der Waals surface area (Å²) in [7, 11) is 3.33. The van der Waals surface area contributed by atoms with Gasteiger partial charge < -0.3 is 19.7 Å². The number of hydrogen-bond acceptors (Lipinski definition) is 6. The highest BCUT2D eigenvalue weighted by molar-refractivity contribution is 5.60. The van der Waals surface area contributed by atoms with Gasteiger partial charge in [0.2, 0.25) is 0 Å². The lowest BCUT2D eigenvalue weighted by atomic mass is 9.99. The average molecular weight is 376 g/mol. The molecule has 0 aliphatic carbocycles. The fraction of sp³-hybridized carbons (Fsp3) is 0.273. The predicted octanol–water partition coefficient (Wildman–Crippen LogP) is 4.11. The zero-order chi connectivity index (χ0) is 19.5. The summed E-state index contributed by atoms with van der Waals surface area (Å²) in [4.78, 5) is 11.1. The molecule has 0 amide bonds. The highest BCUT2D eigenvalue weighted by Crippen LogP contribution is 2.34. The number of hydrogen-bond donors (Lipinski definition) is 1. The fourth-order valence-corrected chi connectivity index (χ4v) is 3.54. The summed E-state index contributed by atoms with van der Waals surface area (Å²) in [5, 5.41) is 3.36. The van der Waals surface area contributed by atoms with Gasteiger partial charge in [-0.05, 0) is 54.3 Å². The standard InChI is InChI=1S/C22H24N4O2/c1-15-5-4-6-18(9-15)25-21-12-22(24-14-23-21)26-8-7-16-10-19(27-2)20(28-3)11-17(16)13-26/h4-6,9-12,14H,7-8,13H2,1-3H3,(H,23,24,25). The molecule has 144 valence electrons. The van der Waals surface area contributed by atoms with Crippen molar-refractivity contribution in [2.45, 2.75) is 19.9 Å². The molecular formula is C22H24N4O2. The van der Waals surface area contributed by atoms with Gasteiger partial charge in [0.15, 0.2) is 11.5 Å². The number of aryl methyl sites for hydroxylation is 1. The highest BCUT2D eigenvalue weighted by Gasteiger charge is 2.20. The maximum atomic E-state index is 5.46. The van der Waals surface area contributed by atoms with E-state index in [1.807, 2.05) is 18.2 Å². The molecule has 3 aromatic rings. The van der Waals surface area contributed by atoms with Gasteiger partial charge in [-0.3, -0.25) is 0 Å². The van der Waals surface area contributed by atoms with Gasteiger partial charge in [0.25, 0.3) is 0 Å². The molecular weight excluding hydrogens is 352 g/mol. The number of methoxy groups -OCH3 is 2. The molecule has 1 aliphatic rings. The Bertz CT molecular complexity index is 990. The highest BCUT2D eigenvalue weighted by atomic mass is 16.5. The maximum Gasteiger partial charge on any atom is 0.161 e. The van der Waals surface area contributed by atoms with Gasteiger partial charge in [-0.1, -0.05) is 12.1 Å². The number of anilines is 3. The summed E-state index contributed by atoms with van der Waals surface area (Å²) in [6.45, 7) is 3.74. The zero-order valence-corrected chi connectivity index (χ0v) is 16.4. The Morgan fingerprint density at radius 2 is 1.75 bits per heavy atom. The Morgan fingerprint density at radius 3 is 2.50 bits per heavy atom. The average Bonchev–Trinajstić information content (AvgIpc) is 2.72. The molecule has 28 heavy (non-hydrogen) atoms. The minimum absolute atomic E-state index is 0.757. The fourth-order valence-electron chi connectivity index (χ4n) is 3.54. The van der Waals surface area contributed by atoms with E-state index in [4.69, 9.17) is 9.47 Å². The van der Waals surface area contributed by atoms with Crippen molar-refractivity contribution in [3.8, 4) is 11.5 Å². The van der Waals surface area contributed by atoms with E-state index >= 15 is 0 Å². The van der Waals surface area contributed by atoms with Crippen molar-refractivity contribution in [3.63, 3.8) is 0 Å². The predicted molar refractivity (Wildman–Crippen MR) is 111 cm³/mol. The van der Waals surface area contributed by atoms with E-state index in [0.29, 0.717) is 0 Å². The molecule has 0 fully saturated rings. The molecule has 0 spiro atoms. The van der Waals surface area contributed by atoms with E-state index in [-0.39, 0.29) is 0 Å². The summed E-state index contributed by atoms with van der Waals surface area (Å²) in [6.07, 6.45) is 2.54. The molecule has 4 rings (SSSR count). The Labute approximate surface area is 165 Å². The molecule has 0 atom stereocenters. The molecule has 0 radical (unpaired) electrons. The first kappa shape index (κ1) is 18.1. The molecule has 1 N–H and O–H groups in total. The Morgan fingerprint density at radius 1 is 0.964 bits per heavy atom. The summed E-state index contributed by atoms with van der Waals surface area (Å²) in [5.41, 5.74) is 4.75. The first-order valence-corrected chi connectivity index (χ1v) is 9.30. The number of benzene rings is 2. The zero-order valence-electron chi connectivity index (χ0n) is 16.4. The van der Waals surface area contributed by atoms with Crippen LogP contribution in [0.15, 0.2) is 48.8 Å². The summed E-state index contributed by atoms with van der Waals surface area (Å²) >= 11 is 0. The number of aromatic nitrogens is 2. The molecule has 0 saturated heterocycles. The smallest absolute Gasteiger partial charge is 0.161 e. The number of nitrogens with zero attached hydrogens (tertiary/aromatic N) is 3. The van der Waals surface area contributed by atoms with Crippen molar-refractivity contribution in [1.29, 1.82) is 0 Å². The third-order valence-electron chi connectivity index (χ3n) is 4.99. The molecule has 1 aliphatic heterocycles. The lowest BCUT2D eigenvalue weighted by Gasteiger charge is -2.30. The van der Waals surface area contributed by atoms with Crippen LogP contribution in [0.1, 0.15) is 16.7 Å². The van der Waals surface area contributed by atoms with Crippen LogP contribution in [0.25, 0.3) is 0 Å². The van der Waals surface area contributed by atoms with E-state index in [2.05, 4.69) is 51.4 Å². The summed E-state index contributed by atoms with van der Waals surface area (Å²) in [6, 6.07) is 14.4. The molecule has 2 heterocycles. The van der Waals surface area contributed by atoms with Crippen molar-refractivity contribution < 1.29 is 9.47 Å². The molecule has 1 aromatic heterocycles. The first-order valence-electron chi connectivity index (χ1n) is 9.30. The first-order chi connectivity index (χ1) is 13.7. The molecule has 0 bridgehead atoms. The molecule has 6 nitrogen and oxygen atoms in total. The second-order valence-electron chi connectivity index (χ2n) is 6.90. The topological polar surface area (TPSA) is 59.5 Å². The van der Waals surface area contributed by atoms with E-state index in [9.17, 15) is 0 Å². The van der Waals surface area contributed by atoms with Gasteiger partial charge in [0.1, 0.15) is 18.0 Å². The quantitative estimate of drug-likeness (QED) is 0.723. The van der Waals surface area contributed by atoms with Crippen molar-refractivity contribution in [1.82, 2.24) is 9.97 Å². The Balaban J connectivity index is 1.56. The third kappa shape index (κ3) is 3.71. The van der Waals surface area contributed by atoms with Crippen LogP contribution in [0.3, 0.4) is 0 Å². The second kappa shape index (κ2) is 7.76. The van der Waals surface area contributed by atoms with Crippen LogP contribution in [0.4, 0.5) is 17.3 Å². The van der Waals surface area contributed by atoms with Gasteiger partial charge in [-0.25, -0.2) is 9.97 Å². The second-order valence-corrected chi connectivity index (χ2v) is 6.90. The monoisotopic (exact) mass is 376 g/mol. The molecule has 6 heteroatoms. The molecule has 2 aromatic carbocycles. The normalized spacial score (nSPS) is 13.0. The SMILES string of the molecule is COc1cc2c(cc1OC)CN(c1cc(Nc3cccc(C)c3)ncn1)CC2. The maximum absolute atomic E-state index is 5.46. The number of fused-ring (bicyclic) bond motifs is 1.